The second kappa shape index (κ2) is 9.35. The molecule has 0 saturated carbocycles. The molecule has 0 N–H and O–H groups in total. The van der Waals surface area contributed by atoms with Crippen molar-refractivity contribution >= 4 is 110 Å². The molecule has 11 rings (SSSR count). The Morgan fingerprint density at radius 1 is 0.375 bits per heavy atom. The third-order valence-corrected chi connectivity index (χ3v) is 13.5. The zero-order valence-electron chi connectivity index (χ0n) is 25.7. The zero-order valence-corrected chi connectivity index (χ0v) is 26.6. The van der Waals surface area contributed by atoms with Crippen molar-refractivity contribution in [1.82, 2.24) is 9.97 Å². The molecule has 0 aliphatic heterocycles. The maximum Gasteiger partial charge on any atom is 0.189 e. The molecule has 0 unspecified atom stereocenters. The number of pyridine rings is 2. The zero-order chi connectivity index (χ0) is 31.6. The van der Waals surface area contributed by atoms with Gasteiger partial charge in [-0.25, -0.2) is 4.98 Å². The van der Waals surface area contributed by atoms with Crippen LogP contribution in [0.2, 0.25) is 0 Å². The maximum absolute atomic E-state index is 16.8. The molecule has 0 spiro atoms. The highest BCUT2D eigenvalue weighted by atomic mass is 31.2. The summed E-state index contributed by atoms with van der Waals surface area (Å²) in [6.07, 6.45) is 1.80. The van der Waals surface area contributed by atoms with E-state index in [1.54, 1.807) is 6.20 Å². The van der Waals surface area contributed by atoms with E-state index < -0.39 is 7.14 Å². The second-order valence-electron chi connectivity index (χ2n) is 12.9. The highest BCUT2D eigenvalue weighted by molar-refractivity contribution is 7.86. The number of fused-ring (bicyclic) bond motifs is 3. The van der Waals surface area contributed by atoms with Gasteiger partial charge in [0.05, 0.1) is 11.0 Å². The summed E-state index contributed by atoms with van der Waals surface area (Å²) in [5.41, 5.74) is 2.15. The van der Waals surface area contributed by atoms with Crippen LogP contribution in [0.3, 0.4) is 0 Å². The van der Waals surface area contributed by atoms with E-state index in [9.17, 15) is 0 Å². The van der Waals surface area contributed by atoms with Gasteiger partial charge in [0.2, 0.25) is 0 Å². The van der Waals surface area contributed by atoms with Gasteiger partial charge in [-0.1, -0.05) is 121 Å². The van der Waals surface area contributed by atoms with Gasteiger partial charge in [-0.3, -0.25) is 4.98 Å². The lowest BCUT2D eigenvalue weighted by atomic mass is 9.94. The van der Waals surface area contributed by atoms with Crippen molar-refractivity contribution in [1.29, 1.82) is 0 Å². The molecule has 222 valence electrons. The van der Waals surface area contributed by atoms with Gasteiger partial charge in [-0.05, 0) is 88.9 Å². The minimum absolute atomic E-state index is 0.568. The first kappa shape index (κ1) is 26.2. The predicted molar refractivity (Wildman–Crippen MR) is 204 cm³/mol. The van der Waals surface area contributed by atoms with Crippen LogP contribution in [-0.4, -0.2) is 9.97 Å². The highest BCUT2D eigenvalue weighted by Crippen LogP contribution is 2.49. The number of aromatic nitrogens is 2. The van der Waals surface area contributed by atoms with Gasteiger partial charge in [0.15, 0.2) is 7.14 Å². The van der Waals surface area contributed by atoms with E-state index >= 15 is 4.57 Å². The van der Waals surface area contributed by atoms with Crippen LogP contribution in [0.25, 0.3) is 86.4 Å². The molecular formula is C44H25N2OP. The third-order valence-electron chi connectivity index (χ3n) is 10.4. The Morgan fingerprint density at radius 2 is 0.792 bits per heavy atom. The molecule has 0 amide bonds. The van der Waals surface area contributed by atoms with Gasteiger partial charge in [-0.2, -0.15) is 0 Å². The Bertz CT molecular complexity index is 2980. The quantitative estimate of drug-likeness (QED) is 0.144. The Labute approximate surface area is 275 Å². The minimum Gasteiger partial charge on any atom is -0.307 e. The van der Waals surface area contributed by atoms with Gasteiger partial charge >= 0.3 is 0 Å². The summed E-state index contributed by atoms with van der Waals surface area (Å²) in [6, 6.07) is 50.9. The van der Waals surface area contributed by atoms with Gasteiger partial charge < -0.3 is 4.57 Å². The van der Waals surface area contributed by atoms with Crippen LogP contribution in [0.5, 0.6) is 0 Å². The van der Waals surface area contributed by atoms with Crippen molar-refractivity contribution in [3.63, 3.8) is 0 Å². The van der Waals surface area contributed by atoms with E-state index in [0.29, 0.717) is 5.44 Å². The summed E-state index contributed by atoms with van der Waals surface area (Å²) in [5.74, 6) is 0. The molecule has 2 heterocycles. The average Bonchev–Trinajstić information content (AvgIpc) is 3.15. The molecule has 0 bridgehead atoms. The van der Waals surface area contributed by atoms with E-state index in [2.05, 4.69) is 133 Å². The van der Waals surface area contributed by atoms with Crippen molar-refractivity contribution in [2.24, 2.45) is 0 Å². The normalized spacial score (nSPS) is 12.7. The first-order chi connectivity index (χ1) is 23.7. The van der Waals surface area contributed by atoms with Crippen molar-refractivity contribution in [2.75, 3.05) is 0 Å². The van der Waals surface area contributed by atoms with Crippen LogP contribution in [0, 0.1) is 0 Å². The molecule has 0 saturated heterocycles. The minimum atomic E-state index is -3.61. The second-order valence-corrected chi connectivity index (χ2v) is 15.5. The molecule has 0 fully saturated rings. The first-order valence-electron chi connectivity index (χ1n) is 16.3. The molecular weight excluding hydrogens is 603 g/mol. The molecule has 2 aromatic heterocycles. The van der Waals surface area contributed by atoms with Gasteiger partial charge in [-0.15, -0.1) is 0 Å². The summed E-state index contributed by atoms with van der Waals surface area (Å²) in [5, 5.41) is 17.3. The van der Waals surface area contributed by atoms with Crippen LogP contribution in [0.1, 0.15) is 0 Å². The number of benzene rings is 9. The maximum atomic E-state index is 16.8. The lowest BCUT2D eigenvalue weighted by Gasteiger charge is -2.25. The molecule has 48 heavy (non-hydrogen) atoms. The summed E-state index contributed by atoms with van der Waals surface area (Å²) >= 11 is 0. The predicted octanol–water partition coefficient (Wildman–Crippen LogP) is 10.2. The largest absolute Gasteiger partial charge is 0.307 e. The SMILES string of the molecule is O=P(c1ccc2ccc3cccnc3c2n1)(c1ccc2ccc3cccc4ccc1c2c34)c1ccc2ccc3cccc4ccc1c2c34. The lowest BCUT2D eigenvalue weighted by molar-refractivity contribution is 0.592. The first-order valence-corrected chi connectivity index (χ1v) is 18.0. The topological polar surface area (TPSA) is 42.9 Å². The molecule has 0 aliphatic carbocycles. The molecule has 0 aliphatic rings. The van der Waals surface area contributed by atoms with Crippen LogP contribution in [-0.2, 0) is 4.57 Å². The number of hydrogen-bond donors (Lipinski definition) is 0. The van der Waals surface area contributed by atoms with E-state index in [4.69, 9.17) is 9.97 Å². The number of nitrogens with zero attached hydrogens (tertiary/aromatic N) is 2. The fourth-order valence-electron chi connectivity index (χ4n) is 8.25. The fraction of sp³-hybridized carbons (Fsp3) is 0. The Kier molecular flexibility index (Phi) is 5.10. The van der Waals surface area contributed by atoms with E-state index in [-0.39, 0.29) is 0 Å². The van der Waals surface area contributed by atoms with Crippen LogP contribution in [0.15, 0.2) is 152 Å². The van der Waals surface area contributed by atoms with Crippen LogP contribution >= 0.6 is 7.14 Å². The monoisotopic (exact) mass is 628 g/mol. The van der Waals surface area contributed by atoms with E-state index in [1.807, 2.05) is 12.1 Å². The Balaban J connectivity index is 1.32. The summed E-state index contributed by atoms with van der Waals surface area (Å²) in [7, 11) is -3.61. The third kappa shape index (κ3) is 3.36. The van der Waals surface area contributed by atoms with Crippen LogP contribution < -0.4 is 16.0 Å². The smallest absolute Gasteiger partial charge is 0.189 e. The number of rotatable bonds is 3. The van der Waals surface area contributed by atoms with Gasteiger partial charge in [0.25, 0.3) is 0 Å². The lowest BCUT2D eigenvalue weighted by Crippen LogP contribution is -2.28. The molecule has 4 heteroatoms. The summed E-state index contributed by atoms with van der Waals surface area (Å²) in [6.45, 7) is 0. The van der Waals surface area contributed by atoms with Crippen molar-refractivity contribution < 1.29 is 4.57 Å². The Hall–Kier alpha value is -5.89. The van der Waals surface area contributed by atoms with Crippen molar-refractivity contribution in [3.05, 3.63) is 152 Å². The van der Waals surface area contributed by atoms with Gasteiger partial charge in [0.1, 0.15) is 5.44 Å². The van der Waals surface area contributed by atoms with E-state index in [1.165, 1.54) is 32.3 Å². The van der Waals surface area contributed by atoms with Crippen molar-refractivity contribution in [2.45, 2.75) is 0 Å². The summed E-state index contributed by atoms with van der Waals surface area (Å²) < 4.78 is 16.8. The Morgan fingerprint density at radius 3 is 1.35 bits per heavy atom. The number of hydrogen-bond acceptors (Lipinski definition) is 3. The highest BCUT2D eigenvalue weighted by Gasteiger charge is 2.36. The average molecular weight is 629 g/mol. The molecule has 0 atom stereocenters. The van der Waals surface area contributed by atoms with Crippen molar-refractivity contribution in [3.8, 4) is 0 Å². The molecule has 0 radical (unpaired) electrons. The molecule has 3 nitrogen and oxygen atoms in total. The molecule has 9 aromatic carbocycles. The van der Waals surface area contributed by atoms with E-state index in [0.717, 1.165) is 64.7 Å². The van der Waals surface area contributed by atoms with Gasteiger partial charge in [0, 0.05) is 27.6 Å². The molecule has 11 aromatic rings. The summed E-state index contributed by atoms with van der Waals surface area (Å²) in [4.78, 5) is 10.1. The van der Waals surface area contributed by atoms with Crippen LogP contribution in [0.4, 0.5) is 0 Å². The fourth-order valence-corrected chi connectivity index (χ4v) is 11.2. The standard InChI is InChI=1S/C44H25N2OP/c47-48(38-24-19-33-14-13-32-8-3-25-45-43(32)44(33)46-38,36-22-17-30-11-9-26-4-1-6-28-15-20-34(36)41(30)39(26)28)37-23-18-31-12-10-27-5-2-7-29-16-21-35(37)42(31)40(27)29/h1-25H.